The average Bonchev–Trinajstić information content (AvgIpc) is 2.30. The van der Waals surface area contributed by atoms with Crippen LogP contribution in [0, 0.1) is 5.92 Å². The lowest BCUT2D eigenvalue weighted by Gasteiger charge is -2.30. The second-order valence-electron chi connectivity index (χ2n) is 3.40. The molecule has 1 heterocycles. The van der Waals surface area contributed by atoms with Crippen LogP contribution < -0.4 is 0 Å². The van der Waals surface area contributed by atoms with E-state index < -0.39 is 0 Å². The van der Waals surface area contributed by atoms with Gasteiger partial charge in [0.05, 0.1) is 12.7 Å². The lowest BCUT2D eigenvalue weighted by molar-refractivity contribution is -0.167. The fourth-order valence-corrected chi connectivity index (χ4v) is 2.21. The van der Waals surface area contributed by atoms with Crippen molar-refractivity contribution in [1.29, 1.82) is 0 Å². The van der Waals surface area contributed by atoms with Crippen LogP contribution in [-0.2, 0) is 9.47 Å². The van der Waals surface area contributed by atoms with E-state index in [2.05, 4.69) is 28.1 Å². The number of benzene rings is 1. The lowest BCUT2D eigenvalue weighted by Crippen LogP contribution is -2.29. The normalized spacial score (nSPS) is 27.5. The van der Waals surface area contributed by atoms with Crippen molar-refractivity contribution in [2.24, 2.45) is 5.92 Å². The molecular formula is C11H13BrO2. The molecule has 1 saturated heterocycles. The molecule has 1 aliphatic rings. The van der Waals surface area contributed by atoms with E-state index in [1.54, 1.807) is 0 Å². The molecule has 1 aromatic rings. The Hall–Kier alpha value is -0.380. The Morgan fingerprint density at radius 3 is 2.79 bits per heavy atom. The zero-order valence-electron chi connectivity index (χ0n) is 7.86. The summed E-state index contributed by atoms with van der Waals surface area (Å²) in [6.07, 6.45) is 0.171. The molecule has 0 spiro atoms. The third kappa shape index (κ3) is 2.16. The van der Waals surface area contributed by atoms with Crippen molar-refractivity contribution in [3.8, 4) is 0 Å². The van der Waals surface area contributed by atoms with Crippen molar-refractivity contribution in [1.82, 2.24) is 0 Å². The minimum absolute atomic E-state index is 0.171. The van der Waals surface area contributed by atoms with Crippen LogP contribution in [0.4, 0.5) is 0 Å². The van der Waals surface area contributed by atoms with Gasteiger partial charge in [-0.25, -0.2) is 0 Å². The maximum Gasteiger partial charge on any atom is 0.147 e. The Morgan fingerprint density at radius 2 is 2.07 bits per heavy atom. The zero-order valence-corrected chi connectivity index (χ0v) is 9.44. The predicted octanol–water partition coefficient (Wildman–Crippen LogP) is 2.74. The highest BCUT2D eigenvalue weighted by Crippen LogP contribution is 2.30. The Labute approximate surface area is 92.3 Å². The molecule has 0 unspecified atom stereocenters. The van der Waals surface area contributed by atoms with E-state index in [9.17, 15) is 0 Å². The molecule has 0 aliphatic carbocycles. The van der Waals surface area contributed by atoms with Crippen LogP contribution >= 0.6 is 15.9 Å². The Morgan fingerprint density at radius 1 is 1.29 bits per heavy atom. The molecule has 1 fully saturated rings. The molecule has 0 bridgehead atoms. The molecule has 2 nitrogen and oxygen atoms in total. The van der Waals surface area contributed by atoms with Gasteiger partial charge in [0.1, 0.15) is 6.79 Å². The fourth-order valence-electron chi connectivity index (χ4n) is 1.68. The summed E-state index contributed by atoms with van der Waals surface area (Å²) in [4.78, 5) is 0. The van der Waals surface area contributed by atoms with Gasteiger partial charge in [-0.1, -0.05) is 46.3 Å². The van der Waals surface area contributed by atoms with Gasteiger partial charge in [0, 0.05) is 11.2 Å². The minimum Gasteiger partial charge on any atom is -0.355 e. The highest BCUT2D eigenvalue weighted by atomic mass is 79.9. The van der Waals surface area contributed by atoms with Gasteiger partial charge in [-0.15, -0.1) is 0 Å². The summed E-state index contributed by atoms with van der Waals surface area (Å²) in [5.74, 6) is 0.408. The third-order valence-corrected chi connectivity index (χ3v) is 3.25. The molecule has 2 atom stereocenters. The summed E-state index contributed by atoms with van der Waals surface area (Å²) in [5, 5.41) is 0.909. The van der Waals surface area contributed by atoms with Gasteiger partial charge in [0.15, 0.2) is 0 Å². The smallest absolute Gasteiger partial charge is 0.147 e. The highest BCUT2D eigenvalue weighted by Gasteiger charge is 2.26. The molecular weight excluding hydrogens is 244 g/mol. The highest BCUT2D eigenvalue weighted by molar-refractivity contribution is 9.09. The minimum atomic E-state index is 0.171. The number of hydrogen-bond donors (Lipinski definition) is 0. The maximum absolute atomic E-state index is 5.62. The number of halogens is 1. The summed E-state index contributed by atoms with van der Waals surface area (Å²) in [6.45, 7) is 1.17. The van der Waals surface area contributed by atoms with E-state index in [1.165, 1.54) is 5.56 Å². The number of rotatable bonds is 2. The van der Waals surface area contributed by atoms with Gasteiger partial charge in [-0.2, -0.15) is 0 Å². The topological polar surface area (TPSA) is 18.5 Å². The first-order valence-electron chi connectivity index (χ1n) is 4.72. The quantitative estimate of drug-likeness (QED) is 0.758. The van der Waals surface area contributed by atoms with E-state index in [-0.39, 0.29) is 6.10 Å². The van der Waals surface area contributed by atoms with E-state index in [1.807, 2.05) is 18.2 Å². The SMILES string of the molecule is BrC[C@@H]1COCO[C@H]1c1ccccc1. The Kier molecular flexibility index (Phi) is 3.56. The largest absolute Gasteiger partial charge is 0.355 e. The van der Waals surface area contributed by atoms with Gasteiger partial charge >= 0.3 is 0 Å². The first-order valence-corrected chi connectivity index (χ1v) is 5.84. The molecule has 0 N–H and O–H groups in total. The molecule has 1 aromatic carbocycles. The van der Waals surface area contributed by atoms with Crippen LogP contribution in [0.2, 0.25) is 0 Å². The number of ether oxygens (including phenoxy) is 2. The van der Waals surface area contributed by atoms with Gasteiger partial charge in [-0.3, -0.25) is 0 Å². The second kappa shape index (κ2) is 4.91. The monoisotopic (exact) mass is 256 g/mol. The molecule has 1 aliphatic heterocycles. The summed E-state index contributed by atoms with van der Waals surface area (Å²) in [5.41, 5.74) is 1.24. The molecule has 0 radical (unpaired) electrons. The summed E-state index contributed by atoms with van der Waals surface area (Å²) in [7, 11) is 0. The lowest BCUT2D eigenvalue weighted by atomic mass is 9.97. The van der Waals surface area contributed by atoms with Crippen molar-refractivity contribution in [2.75, 3.05) is 18.7 Å². The van der Waals surface area contributed by atoms with Crippen LogP contribution in [0.5, 0.6) is 0 Å². The van der Waals surface area contributed by atoms with Crippen molar-refractivity contribution >= 4 is 15.9 Å². The van der Waals surface area contributed by atoms with Gasteiger partial charge < -0.3 is 9.47 Å². The molecule has 0 amide bonds. The van der Waals surface area contributed by atoms with Crippen LogP contribution in [-0.4, -0.2) is 18.7 Å². The van der Waals surface area contributed by atoms with Crippen molar-refractivity contribution < 1.29 is 9.47 Å². The molecule has 2 rings (SSSR count). The molecule has 0 saturated carbocycles. The average molecular weight is 257 g/mol. The zero-order chi connectivity index (χ0) is 9.80. The molecule has 76 valence electrons. The standard InChI is InChI=1S/C11H13BrO2/c12-6-10-7-13-8-14-11(10)9-4-2-1-3-5-9/h1-5,10-11H,6-8H2/t10-,11+/m1/s1. The van der Waals surface area contributed by atoms with E-state index >= 15 is 0 Å². The van der Waals surface area contributed by atoms with Crippen molar-refractivity contribution in [3.05, 3.63) is 35.9 Å². The molecule has 3 heteroatoms. The van der Waals surface area contributed by atoms with E-state index in [0.717, 1.165) is 11.9 Å². The van der Waals surface area contributed by atoms with Crippen LogP contribution in [0.3, 0.4) is 0 Å². The van der Waals surface area contributed by atoms with Crippen LogP contribution in [0.25, 0.3) is 0 Å². The van der Waals surface area contributed by atoms with Gasteiger partial charge in [0.25, 0.3) is 0 Å². The van der Waals surface area contributed by atoms with Gasteiger partial charge in [0.2, 0.25) is 0 Å². The van der Waals surface area contributed by atoms with Gasteiger partial charge in [-0.05, 0) is 5.56 Å². The Bertz CT molecular complexity index is 276. The van der Waals surface area contributed by atoms with Crippen molar-refractivity contribution in [3.63, 3.8) is 0 Å². The summed E-state index contributed by atoms with van der Waals surface area (Å²) in [6, 6.07) is 10.3. The summed E-state index contributed by atoms with van der Waals surface area (Å²) < 4.78 is 10.9. The van der Waals surface area contributed by atoms with E-state index in [4.69, 9.17) is 9.47 Å². The Balaban J connectivity index is 2.15. The first-order chi connectivity index (χ1) is 6.92. The molecule has 14 heavy (non-hydrogen) atoms. The molecule has 0 aromatic heterocycles. The predicted molar refractivity (Wildman–Crippen MR) is 58.4 cm³/mol. The second-order valence-corrected chi connectivity index (χ2v) is 4.05. The first kappa shape index (κ1) is 10.1. The van der Waals surface area contributed by atoms with Crippen molar-refractivity contribution in [2.45, 2.75) is 6.10 Å². The van der Waals surface area contributed by atoms with E-state index in [0.29, 0.717) is 12.7 Å². The van der Waals surface area contributed by atoms with Crippen LogP contribution in [0.15, 0.2) is 30.3 Å². The third-order valence-electron chi connectivity index (χ3n) is 2.42. The maximum atomic E-state index is 5.62. The fraction of sp³-hybridized carbons (Fsp3) is 0.455. The number of hydrogen-bond acceptors (Lipinski definition) is 2. The summed E-state index contributed by atoms with van der Waals surface area (Å²) >= 11 is 3.49. The van der Waals surface area contributed by atoms with Crippen LogP contribution in [0.1, 0.15) is 11.7 Å². The number of alkyl halides is 1.